The number of aromatic nitrogens is 2. The molecule has 5 heteroatoms. The van der Waals surface area contributed by atoms with Crippen molar-refractivity contribution >= 4 is 10.9 Å². The number of methoxy groups -OCH3 is 1. The predicted molar refractivity (Wildman–Crippen MR) is 107 cm³/mol. The molecule has 0 spiro atoms. The number of rotatable bonds is 2. The molecule has 0 N–H and O–H groups in total. The predicted octanol–water partition coefficient (Wildman–Crippen LogP) is 3.53. The van der Waals surface area contributed by atoms with Gasteiger partial charge in [-0.1, -0.05) is 17.9 Å². The van der Waals surface area contributed by atoms with Gasteiger partial charge in [0, 0.05) is 37.8 Å². The highest BCUT2D eigenvalue weighted by molar-refractivity contribution is 5.79. The summed E-state index contributed by atoms with van der Waals surface area (Å²) in [5.74, 6) is 6.95. The first-order valence-electron chi connectivity index (χ1n) is 9.44. The Hall–Kier alpha value is -2.97. The van der Waals surface area contributed by atoms with Crippen LogP contribution < -0.4 is 5.56 Å². The van der Waals surface area contributed by atoms with Crippen LogP contribution in [0.25, 0.3) is 10.9 Å². The van der Waals surface area contributed by atoms with Crippen LogP contribution in [-0.2, 0) is 17.7 Å². The molecule has 0 aliphatic carbocycles. The first kappa shape index (κ1) is 18.4. The molecule has 0 amide bonds. The average Bonchev–Trinajstić information content (AvgIpc) is 2.89. The molecule has 4 rings (SSSR count). The minimum absolute atomic E-state index is 0.00251. The number of nitrogens with zero attached hydrogens (tertiary/aromatic N) is 2. The van der Waals surface area contributed by atoms with Gasteiger partial charge in [-0.05, 0) is 55.2 Å². The molecule has 0 bridgehead atoms. The molecule has 1 atom stereocenters. The molecule has 4 nitrogen and oxygen atoms in total. The van der Waals surface area contributed by atoms with E-state index in [9.17, 15) is 9.18 Å². The summed E-state index contributed by atoms with van der Waals surface area (Å²) >= 11 is 0. The summed E-state index contributed by atoms with van der Waals surface area (Å²) in [6.45, 7) is 1.38. The van der Waals surface area contributed by atoms with E-state index < -0.39 is 0 Å². The van der Waals surface area contributed by atoms with Gasteiger partial charge in [-0.2, -0.15) is 0 Å². The zero-order chi connectivity index (χ0) is 19.5. The standard InChI is InChI=1S/C23H21FN2O2/c1-28-15-18-8-10-22-25-21-14-17(6-5-16-3-2-4-19(24)13-16)7-9-20(21)23(27)26(22)12-11-18/h2-4,7,9,13-14,18H,8,10-12,15H2,1H3. The van der Waals surface area contributed by atoms with Crippen molar-refractivity contribution in [1.29, 1.82) is 0 Å². The summed E-state index contributed by atoms with van der Waals surface area (Å²) in [5.41, 5.74) is 2.02. The summed E-state index contributed by atoms with van der Waals surface area (Å²) in [7, 11) is 1.71. The second-order valence-corrected chi connectivity index (χ2v) is 7.13. The van der Waals surface area contributed by atoms with E-state index in [2.05, 4.69) is 11.8 Å². The zero-order valence-corrected chi connectivity index (χ0v) is 15.7. The molecule has 2 aromatic carbocycles. The van der Waals surface area contributed by atoms with Crippen LogP contribution in [0.5, 0.6) is 0 Å². The number of aryl methyl sites for hydroxylation is 1. The van der Waals surface area contributed by atoms with Crippen molar-refractivity contribution in [3.05, 3.63) is 75.6 Å². The van der Waals surface area contributed by atoms with Gasteiger partial charge < -0.3 is 4.74 Å². The summed E-state index contributed by atoms with van der Waals surface area (Å²) in [6.07, 6.45) is 2.65. The lowest BCUT2D eigenvalue weighted by Gasteiger charge is -2.11. The van der Waals surface area contributed by atoms with Gasteiger partial charge >= 0.3 is 0 Å². The summed E-state index contributed by atoms with van der Waals surface area (Å²) in [4.78, 5) is 17.7. The Morgan fingerprint density at radius 3 is 2.79 bits per heavy atom. The monoisotopic (exact) mass is 376 g/mol. The largest absolute Gasteiger partial charge is 0.384 e. The third kappa shape index (κ3) is 3.83. The van der Waals surface area contributed by atoms with E-state index in [4.69, 9.17) is 9.72 Å². The van der Waals surface area contributed by atoms with Crippen molar-refractivity contribution in [1.82, 2.24) is 9.55 Å². The number of ether oxygens (including phenoxy) is 1. The van der Waals surface area contributed by atoms with Gasteiger partial charge in [-0.3, -0.25) is 9.36 Å². The third-order valence-corrected chi connectivity index (χ3v) is 5.15. The highest BCUT2D eigenvalue weighted by Gasteiger charge is 2.19. The van der Waals surface area contributed by atoms with Gasteiger partial charge in [-0.25, -0.2) is 9.37 Å². The van der Waals surface area contributed by atoms with Crippen LogP contribution in [-0.4, -0.2) is 23.3 Å². The van der Waals surface area contributed by atoms with Gasteiger partial charge in [0.2, 0.25) is 0 Å². The SMILES string of the molecule is COCC1CCc2nc3cc(C#Cc4cccc(F)c4)ccc3c(=O)n2CC1. The van der Waals surface area contributed by atoms with Crippen molar-refractivity contribution in [2.75, 3.05) is 13.7 Å². The van der Waals surface area contributed by atoms with Gasteiger partial charge in [-0.15, -0.1) is 0 Å². The Morgan fingerprint density at radius 2 is 2.00 bits per heavy atom. The van der Waals surface area contributed by atoms with Crippen LogP contribution in [0.3, 0.4) is 0 Å². The lowest BCUT2D eigenvalue weighted by atomic mass is 10.0. The summed E-state index contributed by atoms with van der Waals surface area (Å²) < 4.78 is 20.4. The smallest absolute Gasteiger partial charge is 0.261 e. The van der Waals surface area contributed by atoms with E-state index in [-0.39, 0.29) is 11.4 Å². The van der Waals surface area contributed by atoms with E-state index in [0.29, 0.717) is 35.5 Å². The quantitative estimate of drug-likeness (QED) is 0.643. The highest BCUT2D eigenvalue weighted by atomic mass is 19.1. The number of fused-ring (bicyclic) bond motifs is 2. The Labute approximate surface area is 163 Å². The molecule has 0 fully saturated rings. The van der Waals surface area contributed by atoms with Crippen molar-refractivity contribution in [3.8, 4) is 11.8 Å². The molecule has 3 aromatic rings. The molecule has 0 saturated carbocycles. The normalized spacial score (nSPS) is 16.1. The number of hydrogen-bond donors (Lipinski definition) is 0. The molecule has 1 aliphatic heterocycles. The Bertz CT molecular complexity index is 1140. The molecule has 0 radical (unpaired) electrons. The van der Waals surface area contributed by atoms with E-state index in [1.54, 1.807) is 29.9 Å². The van der Waals surface area contributed by atoms with Crippen LogP contribution >= 0.6 is 0 Å². The Morgan fingerprint density at radius 1 is 1.18 bits per heavy atom. The fourth-order valence-corrected chi connectivity index (χ4v) is 3.67. The molecular weight excluding hydrogens is 355 g/mol. The van der Waals surface area contributed by atoms with Crippen molar-refractivity contribution < 1.29 is 9.13 Å². The van der Waals surface area contributed by atoms with Gasteiger partial charge in [0.1, 0.15) is 11.6 Å². The minimum atomic E-state index is -0.311. The zero-order valence-electron chi connectivity index (χ0n) is 15.7. The summed E-state index contributed by atoms with van der Waals surface area (Å²) in [5, 5.41) is 0.602. The maximum Gasteiger partial charge on any atom is 0.261 e. The fraction of sp³-hybridized carbons (Fsp3) is 0.304. The minimum Gasteiger partial charge on any atom is -0.384 e. The van der Waals surface area contributed by atoms with E-state index in [0.717, 1.165) is 30.7 Å². The van der Waals surface area contributed by atoms with E-state index in [1.807, 2.05) is 12.1 Å². The highest BCUT2D eigenvalue weighted by Crippen LogP contribution is 2.20. The van der Waals surface area contributed by atoms with Crippen LogP contribution in [0, 0.1) is 23.6 Å². The van der Waals surface area contributed by atoms with Crippen LogP contribution in [0.4, 0.5) is 4.39 Å². The lowest BCUT2D eigenvalue weighted by molar-refractivity contribution is 0.143. The third-order valence-electron chi connectivity index (χ3n) is 5.15. The van der Waals surface area contributed by atoms with Crippen LogP contribution in [0.2, 0.25) is 0 Å². The van der Waals surface area contributed by atoms with E-state index >= 15 is 0 Å². The van der Waals surface area contributed by atoms with Gasteiger partial charge in [0.05, 0.1) is 10.9 Å². The van der Waals surface area contributed by atoms with Crippen LogP contribution in [0.15, 0.2) is 47.3 Å². The van der Waals surface area contributed by atoms with Crippen molar-refractivity contribution in [2.24, 2.45) is 5.92 Å². The van der Waals surface area contributed by atoms with Crippen LogP contribution in [0.1, 0.15) is 29.8 Å². The molecule has 1 unspecified atom stereocenters. The number of halogens is 1. The van der Waals surface area contributed by atoms with Crippen molar-refractivity contribution in [3.63, 3.8) is 0 Å². The molecular formula is C23H21FN2O2. The lowest BCUT2D eigenvalue weighted by Crippen LogP contribution is -2.24. The average molecular weight is 376 g/mol. The number of benzene rings is 2. The van der Waals surface area contributed by atoms with Crippen molar-refractivity contribution in [2.45, 2.75) is 25.8 Å². The topological polar surface area (TPSA) is 44.1 Å². The summed E-state index contributed by atoms with van der Waals surface area (Å²) in [6, 6.07) is 11.6. The fourth-order valence-electron chi connectivity index (χ4n) is 3.67. The molecule has 142 valence electrons. The maximum absolute atomic E-state index is 13.3. The molecule has 1 aliphatic rings. The molecule has 1 aromatic heterocycles. The molecule has 28 heavy (non-hydrogen) atoms. The first-order valence-corrected chi connectivity index (χ1v) is 9.44. The first-order chi connectivity index (χ1) is 13.6. The Balaban J connectivity index is 1.69. The van der Waals surface area contributed by atoms with Gasteiger partial charge in [0.15, 0.2) is 0 Å². The molecule has 2 heterocycles. The van der Waals surface area contributed by atoms with E-state index in [1.165, 1.54) is 12.1 Å². The maximum atomic E-state index is 13.3. The molecule has 0 saturated heterocycles. The second-order valence-electron chi connectivity index (χ2n) is 7.13. The number of hydrogen-bond acceptors (Lipinski definition) is 3. The Kier molecular flexibility index (Phi) is 5.23. The van der Waals surface area contributed by atoms with Gasteiger partial charge in [0.25, 0.3) is 5.56 Å². The second kappa shape index (κ2) is 7.95.